The van der Waals surface area contributed by atoms with E-state index >= 15 is 0 Å². The zero-order chi connectivity index (χ0) is 15.1. The zero-order valence-electron chi connectivity index (χ0n) is 12.5. The van der Waals surface area contributed by atoms with Crippen LogP contribution in [0.2, 0.25) is 0 Å². The average Bonchev–Trinajstić information content (AvgIpc) is 2.99. The fourth-order valence-electron chi connectivity index (χ4n) is 2.13. The molecule has 1 aromatic carbocycles. The monoisotopic (exact) mass is 302 g/mol. The van der Waals surface area contributed by atoms with Crippen molar-refractivity contribution in [2.45, 2.75) is 32.4 Å². The van der Waals surface area contributed by atoms with Gasteiger partial charge in [-0.1, -0.05) is 50.2 Å². The molecule has 0 aliphatic rings. The van der Waals surface area contributed by atoms with Gasteiger partial charge >= 0.3 is 0 Å². The minimum atomic E-state index is -0.0576. The number of carbonyl (C=O) groups is 1. The predicted octanol–water partition coefficient (Wildman–Crippen LogP) is 3.34. The molecule has 2 rings (SSSR count). The van der Waals surface area contributed by atoms with Gasteiger partial charge < -0.3 is 10.6 Å². The van der Waals surface area contributed by atoms with Crippen LogP contribution in [0.5, 0.6) is 0 Å². The summed E-state index contributed by atoms with van der Waals surface area (Å²) in [7, 11) is 0. The highest BCUT2D eigenvalue weighted by Gasteiger charge is 2.17. The zero-order valence-corrected chi connectivity index (χ0v) is 13.3. The minimum Gasteiger partial charge on any atom is -0.344 e. The van der Waals surface area contributed by atoms with Crippen LogP contribution in [0.1, 0.15) is 36.8 Å². The van der Waals surface area contributed by atoms with E-state index in [2.05, 4.69) is 42.7 Å². The summed E-state index contributed by atoms with van der Waals surface area (Å²) in [6.07, 6.45) is 0.493. The topological polar surface area (TPSA) is 41.1 Å². The molecule has 1 heterocycles. The van der Waals surface area contributed by atoms with Gasteiger partial charge in [-0.3, -0.25) is 4.79 Å². The first-order valence-electron chi connectivity index (χ1n) is 7.28. The summed E-state index contributed by atoms with van der Waals surface area (Å²) in [5, 5.41) is 8.45. The molecule has 1 amide bonds. The second kappa shape index (κ2) is 7.96. The Hall–Kier alpha value is -1.65. The van der Waals surface area contributed by atoms with E-state index in [4.69, 9.17) is 0 Å². The normalized spacial score (nSPS) is 12.3. The molecule has 21 heavy (non-hydrogen) atoms. The summed E-state index contributed by atoms with van der Waals surface area (Å²) in [4.78, 5) is 13.3. The Morgan fingerprint density at radius 1 is 1.14 bits per heavy atom. The van der Waals surface area contributed by atoms with Crippen LogP contribution in [-0.2, 0) is 4.79 Å². The van der Waals surface area contributed by atoms with E-state index in [-0.39, 0.29) is 11.9 Å². The lowest BCUT2D eigenvalue weighted by Gasteiger charge is -2.18. The van der Waals surface area contributed by atoms with Crippen LogP contribution in [0.15, 0.2) is 47.8 Å². The predicted molar refractivity (Wildman–Crippen MR) is 88.5 cm³/mol. The number of nitrogens with one attached hydrogen (secondary N) is 2. The fraction of sp³-hybridized carbons (Fsp3) is 0.353. The third-order valence-corrected chi connectivity index (χ3v) is 4.11. The molecule has 1 atom stereocenters. The van der Waals surface area contributed by atoms with E-state index in [1.807, 2.05) is 29.6 Å². The molecule has 0 aliphatic heterocycles. The first-order chi connectivity index (χ1) is 10.2. The third kappa shape index (κ3) is 4.99. The van der Waals surface area contributed by atoms with E-state index in [0.29, 0.717) is 19.0 Å². The fourth-order valence-corrected chi connectivity index (χ4v) is 2.93. The van der Waals surface area contributed by atoms with Crippen molar-refractivity contribution in [1.29, 1.82) is 0 Å². The highest BCUT2D eigenvalue weighted by atomic mass is 32.1. The molecule has 1 unspecified atom stereocenters. The van der Waals surface area contributed by atoms with Gasteiger partial charge in [0, 0.05) is 23.9 Å². The summed E-state index contributed by atoms with van der Waals surface area (Å²) < 4.78 is 0. The van der Waals surface area contributed by atoms with Crippen molar-refractivity contribution in [3.63, 3.8) is 0 Å². The van der Waals surface area contributed by atoms with Gasteiger partial charge in [0.25, 0.3) is 0 Å². The maximum absolute atomic E-state index is 12.2. The van der Waals surface area contributed by atoms with Crippen molar-refractivity contribution in [2.75, 3.05) is 6.54 Å². The summed E-state index contributed by atoms with van der Waals surface area (Å²) in [5.74, 6) is 0.0744. The van der Waals surface area contributed by atoms with Gasteiger partial charge in [0.2, 0.25) is 5.91 Å². The van der Waals surface area contributed by atoms with E-state index < -0.39 is 0 Å². The van der Waals surface area contributed by atoms with Gasteiger partial charge in [0.1, 0.15) is 0 Å². The summed E-state index contributed by atoms with van der Waals surface area (Å²) in [6, 6.07) is 14.5. The van der Waals surface area contributed by atoms with E-state index in [1.54, 1.807) is 11.3 Å². The van der Waals surface area contributed by atoms with Crippen LogP contribution in [-0.4, -0.2) is 18.5 Å². The van der Waals surface area contributed by atoms with Crippen molar-refractivity contribution in [3.8, 4) is 0 Å². The number of rotatable bonds is 7. The molecular weight excluding hydrogens is 280 g/mol. The second-order valence-electron chi connectivity index (χ2n) is 5.29. The van der Waals surface area contributed by atoms with Crippen LogP contribution < -0.4 is 10.6 Å². The molecule has 0 saturated carbocycles. The Bertz CT molecular complexity index is 537. The first kappa shape index (κ1) is 15.7. The molecule has 0 radical (unpaired) electrons. The lowest BCUT2D eigenvalue weighted by atomic mass is 10.1. The van der Waals surface area contributed by atoms with Gasteiger partial charge in [0.15, 0.2) is 0 Å². The molecule has 112 valence electrons. The molecular formula is C17H22N2OS. The maximum atomic E-state index is 12.2. The quantitative estimate of drug-likeness (QED) is 0.823. The molecule has 3 nitrogen and oxygen atoms in total. The first-order valence-corrected chi connectivity index (χ1v) is 8.16. The molecule has 0 aliphatic carbocycles. The van der Waals surface area contributed by atoms with Crippen LogP contribution in [0.25, 0.3) is 0 Å². The minimum absolute atomic E-state index is 0.0576. The standard InChI is InChI=1S/C17H22N2OS/c1-13(2)18-11-10-16(20)19-17(15-9-6-12-21-15)14-7-4-3-5-8-14/h3-9,12-13,17-18H,10-11H2,1-2H3,(H,19,20). The summed E-state index contributed by atoms with van der Waals surface area (Å²) in [6.45, 7) is 4.86. The van der Waals surface area contributed by atoms with Crippen molar-refractivity contribution in [2.24, 2.45) is 0 Å². The van der Waals surface area contributed by atoms with Gasteiger partial charge in [-0.2, -0.15) is 0 Å². The van der Waals surface area contributed by atoms with E-state index in [0.717, 1.165) is 10.4 Å². The van der Waals surface area contributed by atoms with E-state index in [1.165, 1.54) is 0 Å². The molecule has 2 aromatic rings. The van der Waals surface area contributed by atoms with Crippen molar-refractivity contribution < 1.29 is 4.79 Å². The Morgan fingerprint density at radius 3 is 2.52 bits per heavy atom. The highest BCUT2D eigenvalue weighted by molar-refractivity contribution is 7.10. The number of amides is 1. The van der Waals surface area contributed by atoms with E-state index in [9.17, 15) is 4.79 Å². The Balaban J connectivity index is 2.02. The Labute approximate surface area is 130 Å². The SMILES string of the molecule is CC(C)NCCC(=O)NC(c1ccccc1)c1cccs1. The molecule has 0 saturated heterocycles. The number of hydrogen-bond donors (Lipinski definition) is 2. The molecule has 4 heteroatoms. The number of hydrogen-bond acceptors (Lipinski definition) is 3. The summed E-state index contributed by atoms with van der Waals surface area (Å²) in [5.41, 5.74) is 1.12. The largest absolute Gasteiger partial charge is 0.344 e. The third-order valence-electron chi connectivity index (χ3n) is 3.17. The number of benzene rings is 1. The smallest absolute Gasteiger partial charge is 0.222 e. The van der Waals surface area contributed by atoms with Gasteiger partial charge in [-0.15, -0.1) is 11.3 Å². The molecule has 0 fully saturated rings. The second-order valence-corrected chi connectivity index (χ2v) is 6.26. The van der Waals surface area contributed by atoms with Crippen molar-refractivity contribution in [1.82, 2.24) is 10.6 Å². The molecule has 0 spiro atoms. The van der Waals surface area contributed by atoms with Gasteiger partial charge in [-0.25, -0.2) is 0 Å². The highest BCUT2D eigenvalue weighted by Crippen LogP contribution is 2.25. The van der Waals surface area contributed by atoms with Gasteiger partial charge in [0.05, 0.1) is 6.04 Å². The Morgan fingerprint density at radius 2 is 1.90 bits per heavy atom. The van der Waals surface area contributed by atoms with Crippen LogP contribution >= 0.6 is 11.3 Å². The summed E-state index contributed by atoms with van der Waals surface area (Å²) >= 11 is 1.67. The maximum Gasteiger partial charge on any atom is 0.222 e. The average molecular weight is 302 g/mol. The molecule has 0 bridgehead atoms. The van der Waals surface area contributed by atoms with Crippen LogP contribution in [0.3, 0.4) is 0 Å². The van der Waals surface area contributed by atoms with Crippen LogP contribution in [0.4, 0.5) is 0 Å². The lowest BCUT2D eigenvalue weighted by molar-refractivity contribution is -0.121. The number of thiophene rings is 1. The van der Waals surface area contributed by atoms with Gasteiger partial charge in [-0.05, 0) is 17.0 Å². The van der Waals surface area contributed by atoms with Crippen LogP contribution in [0, 0.1) is 0 Å². The van der Waals surface area contributed by atoms with Crippen molar-refractivity contribution in [3.05, 3.63) is 58.3 Å². The lowest BCUT2D eigenvalue weighted by Crippen LogP contribution is -2.33. The molecule has 2 N–H and O–H groups in total. The molecule has 1 aromatic heterocycles. The number of carbonyl (C=O) groups excluding carboxylic acids is 1. The Kier molecular flexibility index (Phi) is 5.96. The van der Waals surface area contributed by atoms with Crippen molar-refractivity contribution >= 4 is 17.2 Å².